The van der Waals surface area contributed by atoms with Gasteiger partial charge < -0.3 is 10.6 Å². The van der Waals surface area contributed by atoms with Gasteiger partial charge in [0, 0.05) is 6.04 Å². The summed E-state index contributed by atoms with van der Waals surface area (Å²) in [7, 11) is -3.68. The fraction of sp³-hybridized carbons (Fsp3) is 0.500. The second-order valence-corrected chi connectivity index (χ2v) is 7.04. The standard InChI is InChI=1S/C14H21N3O3S/c1-9(17-14(18)13-7-8-16-10(13)2)11-3-5-12(6-4-11)21(15,19)20/h3-6,9-10,13,16H,7-8H2,1-2H3,(H,17,18)(H2,15,19,20). The molecule has 3 unspecified atom stereocenters. The van der Waals surface area contributed by atoms with Crippen molar-refractivity contribution in [3.8, 4) is 0 Å². The molecule has 1 aliphatic rings. The zero-order valence-corrected chi connectivity index (χ0v) is 13.0. The predicted octanol–water partition coefficient (Wildman–Crippen LogP) is 0.509. The molecule has 4 N–H and O–H groups in total. The van der Waals surface area contributed by atoms with Crippen molar-refractivity contribution in [2.45, 2.75) is 37.2 Å². The summed E-state index contributed by atoms with van der Waals surface area (Å²) in [6.45, 7) is 4.73. The van der Waals surface area contributed by atoms with E-state index < -0.39 is 10.0 Å². The molecule has 7 heteroatoms. The van der Waals surface area contributed by atoms with Gasteiger partial charge in [0.2, 0.25) is 15.9 Å². The van der Waals surface area contributed by atoms with Crippen LogP contribution >= 0.6 is 0 Å². The maximum Gasteiger partial charge on any atom is 0.238 e. The molecule has 0 spiro atoms. The summed E-state index contributed by atoms with van der Waals surface area (Å²) in [6, 6.07) is 6.24. The van der Waals surface area contributed by atoms with E-state index in [1.54, 1.807) is 12.1 Å². The summed E-state index contributed by atoms with van der Waals surface area (Å²) in [4.78, 5) is 12.3. The van der Waals surface area contributed by atoms with Crippen molar-refractivity contribution in [2.24, 2.45) is 11.1 Å². The third-order valence-corrected chi connectivity index (χ3v) is 4.86. The quantitative estimate of drug-likeness (QED) is 0.754. The molecule has 0 aliphatic carbocycles. The molecule has 116 valence electrons. The monoisotopic (exact) mass is 311 g/mol. The molecule has 1 aliphatic heterocycles. The van der Waals surface area contributed by atoms with E-state index in [1.807, 2.05) is 13.8 Å². The van der Waals surface area contributed by atoms with Crippen molar-refractivity contribution >= 4 is 15.9 Å². The Morgan fingerprint density at radius 2 is 2.00 bits per heavy atom. The molecular weight excluding hydrogens is 290 g/mol. The van der Waals surface area contributed by atoms with Gasteiger partial charge in [0.25, 0.3) is 0 Å². The fourth-order valence-electron chi connectivity index (χ4n) is 2.57. The van der Waals surface area contributed by atoms with Gasteiger partial charge in [-0.1, -0.05) is 12.1 Å². The SMILES string of the molecule is CC(NC(=O)C1CCNC1C)c1ccc(S(N)(=O)=O)cc1. The number of nitrogens with one attached hydrogen (secondary N) is 2. The Hall–Kier alpha value is -1.44. The van der Waals surface area contributed by atoms with Gasteiger partial charge in [-0.05, 0) is 44.5 Å². The lowest BCUT2D eigenvalue weighted by Crippen LogP contribution is -2.37. The normalized spacial score (nSPS) is 23.8. The number of hydrogen-bond acceptors (Lipinski definition) is 4. The highest BCUT2D eigenvalue weighted by atomic mass is 32.2. The van der Waals surface area contributed by atoms with Crippen molar-refractivity contribution in [1.82, 2.24) is 10.6 Å². The number of carbonyl (C=O) groups is 1. The van der Waals surface area contributed by atoms with Crippen LogP contribution in [-0.4, -0.2) is 26.9 Å². The van der Waals surface area contributed by atoms with Crippen LogP contribution in [0.2, 0.25) is 0 Å². The molecule has 2 rings (SSSR count). The lowest BCUT2D eigenvalue weighted by Gasteiger charge is -2.19. The first kappa shape index (κ1) is 15.9. The Labute approximate surface area is 125 Å². The second kappa shape index (κ2) is 6.13. The lowest BCUT2D eigenvalue weighted by molar-refractivity contribution is -0.125. The van der Waals surface area contributed by atoms with Gasteiger partial charge in [0.15, 0.2) is 0 Å². The highest BCUT2D eigenvalue weighted by Gasteiger charge is 2.30. The van der Waals surface area contributed by atoms with Crippen LogP contribution in [0.25, 0.3) is 0 Å². The van der Waals surface area contributed by atoms with Gasteiger partial charge in [-0.2, -0.15) is 0 Å². The average molecular weight is 311 g/mol. The summed E-state index contributed by atoms with van der Waals surface area (Å²) in [6.07, 6.45) is 0.837. The smallest absolute Gasteiger partial charge is 0.238 e. The number of nitrogens with two attached hydrogens (primary N) is 1. The molecule has 3 atom stereocenters. The van der Waals surface area contributed by atoms with Crippen LogP contribution in [0.15, 0.2) is 29.2 Å². The van der Waals surface area contributed by atoms with Crippen LogP contribution < -0.4 is 15.8 Å². The first-order chi connectivity index (χ1) is 9.79. The van der Waals surface area contributed by atoms with Crippen LogP contribution in [0.3, 0.4) is 0 Å². The minimum absolute atomic E-state index is 0.0175. The third-order valence-electron chi connectivity index (χ3n) is 3.93. The van der Waals surface area contributed by atoms with Crippen molar-refractivity contribution in [2.75, 3.05) is 6.54 Å². The molecule has 1 amide bonds. The van der Waals surface area contributed by atoms with E-state index in [0.29, 0.717) is 0 Å². The van der Waals surface area contributed by atoms with Crippen molar-refractivity contribution < 1.29 is 13.2 Å². The highest BCUT2D eigenvalue weighted by Crippen LogP contribution is 2.19. The zero-order valence-electron chi connectivity index (χ0n) is 12.2. The molecule has 1 heterocycles. The number of primary sulfonamides is 1. The minimum Gasteiger partial charge on any atom is -0.349 e. The predicted molar refractivity (Wildman–Crippen MR) is 79.9 cm³/mol. The topological polar surface area (TPSA) is 101 Å². The number of amides is 1. The van der Waals surface area contributed by atoms with Crippen LogP contribution in [0.4, 0.5) is 0 Å². The first-order valence-corrected chi connectivity index (χ1v) is 8.50. The molecule has 0 radical (unpaired) electrons. The highest BCUT2D eigenvalue weighted by molar-refractivity contribution is 7.89. The Bertz CT molecular complexity index is 613. The Balaban J connectivity index is 2.03. The number of sulfonamides is 1. The van der Waals surface area contributed by atoms with Crippen LogP contribution in [0.1, 0.15) is 31.9 Å². The summed E-state index contributed by atoms with van der Waals surface area (Å²) in [5.41, 5.74) is 0.842. The molecule has 1 aromatic rings. The van der Waals surface area contributed by atoms with E-state index >= 15 is 0 Å². The second-order valence-electron chi connectivity index (χ2n) is 5.48. The van der Waals surface area contributed by atoms with Crippen LogP contribution in [0, 0.1) is 5.92 Å². The summed E-state index contributed by atoms with van der Waals surface area (Å²) < 4.78 is 22.4. The van der Waals surface area contributed by atoms with Gasteiger partial charge in [-0.3, -0.25) is 4.79 Å². The molecule has 0 aromatic heterocycles. The maximum absolute atomic E-state index is 12.2. The van der Waals surface area contributed by atoms with Gasteiger partial charge in [-0.15, -0.1) is 0 Å². The maximum atomic E-state index is 12.2. The van der Waals surface area contributed by atoms with Crippen LogP contribution in [0.5, 0.6) is 0 Å². The molecule has 21 heavy (non-hydrogen) atoms. The van der Waals surface area contributed by atoms with Gasteiger partial charge in [0.05, 0.1) is 16.9 Å². The van der Waals surface area contributed by atoms with Crippen molar-refractivity contribution in [1.29, 1.82) is 0 Å². The van der Waals surface area contributed by atoms with E-state index in [4.69, 9.17) is 5.14 Å². The third kappa shape index (κ3) is 3.81. The summed E-state index contributed by atoms with van der Waals surface area (Å²) in [5, 5.41) is 11.3. The molecule has 6 nitrogen and oxygen atoms in total. The average Bonchev–Trinajstić information content (AvgIpc) is 2.84. The number of rotatable bonds is 4. The Morgan fingerprint density at radius 3 is 2.48 bits per heavy atom. The molecule has 1 aromatic carbocycles. The first-order valence-electron chi connectivity index (χ1n) is 6.95. The van der Waals surface area contributed by atoms with E-state index in [2.05, 4.69) is 10.6 Å². The van der Waals surface area contributed by atoms with Gasteiger partial charge >= 0.3 is 0 Å². The van der Waals surface area contributed by atoms with Gasteiger partial charge in [-0.25, -0.2) is 13.6 Å². The van der Waals surface area contributed by atoms with E-state index in [1.165, 1.54) is 12.1 Å². The number of benzene rings is 1. The van der Waals surface area contributed by atoms with E-state index in [-0.39, 0.29) is 28.8 Å². The zero-order chi connectivity index (χ0) is 15.6. The van der Waals surface area contributed by atoms with Crippen LogP contribution in [-0.2, 0) is 14.8 Å². The molecule has 1 saturated heterocycles. The largest absolute Gasteiger partial charge is 0.349 e. The van der Waals surface area contributed by atoms with E-state index in [9.17, 15) is 13.2 Å². The molecule has 0 saturated carbocycles. The Kier molecular flexibility index (Phi) is 4.65. The number of hydrogen-bond donors (Lipinski definition) is 3. The molecule has 1 fully saturated rings. The van der Waals surface area contributed by atoms with Crippen molar-refractivity contribution in [3.63, 3.8) is 0 Å². The molecular formula is C14H21N3O3S. The minimum atomic E-state index is -3.68. The number of carbonyl (C=O) groups excluding carboxylic acids is 1. The molecule has 0 bridgehead atoms. The fourth-order valence-corrected chi connectivity index (χ4v) is 3.08. The van der Waals surface area contributed by atoms with Crippen molar-refractivity contribution in [3.05, 3.63) is 29.8 Å². The lowest BCUT2D eigenvalue weighted by atomic mass is 10.00. The Morgan fingerprint density at radius 1 is 1.38 bits per heavy atom. The van der Waals surface area contributed by atoms with Gasteiger partial charge in [0.1, 0.15) is 0 Å². The van der Waals surface area contributed by atoms with E-state index in [0.717, 1.165) is 18.5 Å². The summed E-state index contributed by atoms with van der Waals surface area (Å²) >= 11 is 0. The summed E-state index contributed by atoms with van der Waals surface area (Å²) in [5.74, 6) is 0.00617.